The molecule has 7 nitrogen and oxygen atoms in total. The molecule has 0 amide bonds. The van der Waals surface area contributed by atoms with E-state index in [1.807, 2.05) is 0 Å². The number of alkyl halides is 3. The molecule has 2 aromatic carbocycles. The maximum atomic E-state index is 12.7. The number of amidine groups is 1. The quantitative estimate of drug-likeness (QED) is 0.228. The number of benzene rings is 2. The highest BCUT2D eigenvalue weighted by molar-refractivity contribution is 6.02. The van der Waals surface area contributed by atoms with E-state index in [1.54, 1.807) is 24.3 Å². The molecule has 3 rings (SSSR count). The number of para-hydroxylation sites is 1. The molecule has 10 heteroatoms. The van der Waals surface area contributed by atoms with E-state index in [9.17, 15) is 13.2 Å². The van der Waals surface area contributed by atoms with Crippen LogP contribution < -0.4 is 27.9 Å². The van der Waals surface area contributed by atoms with Crippen molar-refractivity contribution in [2.75, 3.05) is 18.4 Å². The average molecular weight is 393 g/mol. The van der Waals surface area contributed by atoms with E-state index in [4.69, 9.17) is 17.3 Å². The third-order valence-electron chi connectivity index (χ3n) is 4.48. The zero-order chi connectivity index (χ0) is 20.3. The predicted molar refractivity (Wildman–Crippen MR) is 103 cm³/mol. The average Bonchev–Trinajstić information content (AvgIpc) is 3.08. The number of nitrogens with zero attached hydrogens (tertiary/aromatic N) is 2. The van der Waals surface area contributed by atoms with Gasteiger partial charge in [-0.05, 0) is 36.4 Å². The second-order valence-electron chi connectivity index (χ2n) is 6.50. The Morgan fingerprint density at radius 2 is 1.79 bits per heavy atom. The van der Waals surface area contributed by atoms with Crippen molar-refractivity contribution >= 4 is 17.2 Å². The van der Waals surface area contributed by atoms with Crippen LogP contribution in [0.1, 0.15) is 11.1 Å². The number of nitrogens with one attached hydrogen (secondary N) is 2. The fraction of sp³-hybridized carbons (Fsp3) is 0.278. The van der Waals surface area contributed by atoms with Crippen molar-refractivity contribution in [1.29, 1.82) is 0 Å². The third-order valence-corrected chi connectivity index (χ3v) is 4.48. The van der Waals surface area contributed by atoms with Crippen LogP contribution in [-0.2, 0) is 6.18 Å². The van der Waals surface area contributed by atoms with Crippen LogP contribution in [0.4, 0.5) is 24.5 Å². The SMILES string of the molecule is N/C(=N\N(N)C1CNCC1N)c1ccccc1Nc1ccc(C(F)(F)F)cc1. The van der Waals surface area contributed by atoms with Gasteiger partial charge in [-0.1, -0.05) is 12.1 Å². The van der Waals surface area contributed by atoms with Crippen LogP contribution in [0.5, 0.6) is 0 Å². The molecule has 1 heterocycles. The molecule has 0 aromatic heterocycles. The van der Waals surface area contributed by atoms with Crippen molar-refractivity contribution in [1.82, 2.24) is 10.4 Å². The monoisotopic (exact) mass is 393 g/mol. The van der Waals surface area contributed by atoms with Crippen LogP contribution >= 0.6 is 0 Å². The fourth-order valence-electron chi connectivity index (χ4n) is 2.94. The lowest BCUT2D eigenvalue weighted by Crippen LogP contribution is -2.48. The molecule has 0 bridgehead atoms. The van der Waals surface area contributed by atoms with E-state index in [0.717, 1.165) is 12.1 Å². The molecule has 2 atom stereocenters. The van der Waals surface area contributed by atoms with Gasteiger partial charge in [-0.25, -0.2) is 11.0 Å². The molecule has 28 heavy (non-hydrogen) atoms. The van der Waals surface area contributed by atoms with E-state index in [2.05, 4.69) is 15.7 Å². The molecule has 0 aliphatic carbocycles. The molecule has 1 fully saturated rings. The minimum Gasteiger partial charge on any atom is -0.382 e. The van der Waals surface area contributed by atoms with Crippen molar-refractivity contribution in [2.45, 2.75) is 18.3 Å². The van der Waals surface area contributed by atoms with Crippen LogP contribution in [0.25, 0.3) is 0 Å². The Bertz CT molecular complexity index is 836. The fourth-order valence-corrected chi connectivity index (χ4v) is 2.94. The summed E-state index contributed by atoms with van der Waals surface area (Å²) >= 11 is 0. The Balaban J connectivity index is 1.80. The number of hydrazone groups is 1. The van der Waals surface area contributed by atoms with Crippen LogP contribution in [0.3, 0.4) is 0 Å². The Morgan fingerprint density at radius 1 is 1.11 bits per heavy atom. The van der Waals surface area contributed by atoms with Crippen LogP contribution in [0.15, 0.2) is 53.6 Å². The summed E-state index contributed by atoms with van der Waals surface area (Å²) in [5, 5.41) is 11.7. The Hall–Kier alpha value is -2.82. The maximum absolute atomic E-state index is 12.7. The maximum Gasteiger partial charge on any atom is 0.416 e. The van der Waals surface area contributed by atoms with Crippen LogP contribution in [0, 0.1) is 0 Å². The summed E-state index contributed by atoms with van der Waals surface area (Å²) in [5.74, 6) is 6.15. The van der Waals surface area contributed by atoms with Gasteiger partial charge < -0.3 is 22.1 Å². The largest absolute Gasteiger partial charge is 0.416 e. The number of hydrazine groups is 1. The van der Waals surface area contributed by atoms with Gasteiger partial charge in [0.2, 0.25) is 0 Å². The van der Waals surface area contributed by atoms with E-state index in [0.29, 0.717) is 30.0 Å². The molecule has 1 aliphatic heterocycles. The third kappa shape index (κ3) is 4.53. The van der Waals surface area contributed by atoms with Crippen LogP contribution in [0.2, 0.25) is 0 Å². The van der Waals surface area contributed by atoms with E-state index in [1.165, 1.54) is 17.3 Å². The summed E-state index contributed by atoms with van der Waals surface area (Å²) < 4.78 is 38.1. The zero-order valence-electron chi connectivity index (χ0n) is 14.9. The summed E-state index contributed by atoms with van der Waals surface area (Å²) in [6.45, 7) is 1.24. The lowest BCUT2D eigenvalue weighted by Gasteiger charge is -2.24. The minimum atomic E-state index is -4.38. The van der Waals surface area contributed by atoms with Gasteiger partial charge in [0.15, 0.2) is 5.84 Å². The molecule has 150 valence electrons. The van der Waals surface area contributed by atoms with Crippen molar-refractivity contribution in [3.63, 3.8) is 0 Å². The summed E-state index contributed by atoms with van der Waals surface area (Å²) in [6, 6.07) is 11.4. The summed E-state index contributed by atoms with van der Waals surface area (Å²) in [6.07, 6.45) is -4.38. The number of hydrogen-bond acceptors (Lipinski definition) is 6. The first-order valence-electron chi connectivity index (χ1n) is 8.63. The summed E-state index contributed by atoms with van der Waals surface area (Å²) in [4.78, 5) is 0. The smallest absolute Gasteiger partial charge is 0.382 e. The number of halogens is 3. The van der Waals surface area contributed by atoms with Gasteiger partial charge in [0.05, 0.1) is 11.6 Å². The molecular weight excluding hydrogens is 371 g/mol. The molecular formula is C18H22F3N7. The van der Waals surface area contributed by atoms with E-state index >= 15 is 0 Å². The zero-order valence-corrected chi connectivity index (χ0v) is 14.9. The molecule has 1 saturated heterocycles. The molecule has 0 radical (unpaired) electrons. The first-order chi connectivity index (χ1) is 13.3. The van der Waals surface area contributed by atoms with Crippen molar-refractivity contribution in [2.24, 2.45) is 22.4 Å². The van der Waals surface area contributed by atoms with Gasteiger partial charge in [0, 0.05) is 36.1 Å². The van der Waals surface area contributed by atoms with E-state index < -0.39 is 11.7 Å². The number of anilines is 2. The van der Waals surface area contributed by atoms with Gasteiger partial charge in [0.1, 0.15) is 0 Å². The van der Waals surface area contributed by atoms with Crippen LogP contribution in [-0.4, -0.2) is 36.1 Å². The molecule has 2 aromatic rings. The lowest BCUT2D eigenvalue weighted by molar-refractivity contribution is -0.137. The molecule has 1 aliphatic rings. The lowest BCUT2D eigenvalue weighted by atomic mass is 10.1. The Morgan fingerprint density at radius 3 is 2.39 bits per heavy atom. The van der Waals surface area contributed by atoms with Gasteiger partial charge in [0.25, 0.3) is 0 Å². The molecule has 2 unspecified atom stereocenters. The molecule has 0 saturated carbocycles. The summed E-state index contributed by atoms with van der Waals surface area (Å²) in [5.41, 5.74) is 13.0. The first kappa shape index (κ1) is 19.9. The number of nitrogens with two attached hydrogens (primary N) is 3. The second kappa shape index (κ2) is 8.05. The number of hydrogen-bond donors (Lipinski definition) is 5. The van der Waals surface area contributed by atoms with Gasteiger partial charge in [-0.2, -0.15) is 13.2 Å². The minimum absolute atomic E-state index is 0.164. The Kier molecular flexibility index (Phi) is 5.73. The molecule has 8 N–H and O–H groups in total. The summed E-state index contributed by atoms with van der Waals surface area (Å²) in [7, 11) is 0. The number of rotatable bonds is 5. The standard InChI is InChI=1S/C18H22F3N7/c19-18(20,21)11-5-7-12(8-6-11)26-15-4-2-1-3-13(15)17(23)27-28(24)16-10-25-9-14(16)22/h1-8,14,16,25-26H,9-10,22,24H2,(H2,23,27). The van der Waals surface area contributed by atoms with Crippen molar-refractivity contribution in [3.05, 3.63) is 59.7 Å². The van der Waals surface area contributed by atoms with Gasteiger partial charge in [-0.15, -0.1) is 5.10 Å². The normalized spacial score (nSPS) is 20.2. The first-order valence-corrected chi connectivity index (χ1v) is 8.63. The Labute approximate surface area is 160 Å². The van der Waals surface area contributed by atoms with Crippen molar-refractivity contribution < 1.29 is 13.2 Å². The highest BCUT2D eigenvalue weighted by Crippen LogP contribution is 2.30. The second-order valence-corrected chi connectivity index (χ2v) is 6.50. The highest BCUT2D eigenvalue weighted by atomic mass is 19.4. The predicted octanol–water partition coefficient (Wildman–Crippen LogP) is 1.54. The van der Waals surface area contributed by atoms with Gasteiger partial charge >= 0.3 is 6.18 Å². The van der Waals surface area contributed by atoms with Gasteiger partial charge in [-0.3, -0.25) is 0 Å². The van der Waals surface area contributed by atoms with E-state index in [-0.39, 0.29) is 17.9 Å². The topological polar surface area (TPSA) is 118 Å². The van der Waals surface area contributed by atoms with Crippen molar-refractivity contribution in [3.8, 4) is 0 Å². The highest BCUT2D eigenvalue weighted by Gasteiger charge is 2.30. The molecule has 0 spiro atoms.